The van der Waals surface area contributed by atoms with E-state index >= 15 is 0 Å². The highest BCUT2D eigenvalue weighted by Gasteiger charge is 2.22. The molecule has 3 aromatic carbocycles. The summed E-state index contributed by atoms with van der Waals surface area (Å²) in [4.78, 5) is 2.17. The Balaban J connectivity index is 1.71. The van der Waals surface area contributed by atoms with Crippen LogP contribution in [0.4, 0.5) is 11.4 Å². The SMILES string of the molecule is [2H]C1(c2cccc3c2oc2c(N(C)c4ccccc4)cccc23)CCCCC1. The summed E-state index contributed by atoms with van der Waals surface area (Å²) in [5, 5.41) is 2.24. The first-order valence-electron chi connectivity index (χ1n) is 10.4. The van der Waals surface area contributed by atoms with E-state index in [-0.39, 0.29) is 0 Å². The molecule has 0 amide bonds. The van der Waals surface area contributed by atoms with Crippen molar-refractivity contribution in [3.8, 4) is 0 Å². The largest absolute Gasteiger partial charge is 0.454 e. The molecule has 0 spiro atoms. The Morgan fingerprint density at radius 1 is 0.815 bits per heavy atom. The van der Waals surface area contributed by atoms with E-state index in [0.717, 1.165) is 64.6 Å². The van der Waals surface area contributed by atoms with Gasteiger partial charge in [-0.3, -0.25) is 0 Å². The van der Waals surface area contributed by atoms with Crippen LogP contribution in [0.1, 0.15) is 44.9 Å². The molecular weight excluding hydrogens is 330 g/mol. The van der Waals surface area contributed by atoms with E-state index in [1.54, 1.807) is 0 Å². The number of hydrogen-bond acceptors (Lipinski definition) is 2. The normalized spacial score (nSPS) is 17.1. The molecule has 0 atom stereocenters. The van der Waals surface area contributed by atoms with Crippen molar-refractivity contribution in [2.24, 2.45) is 0 Å². The Morgan fingerprint density at radius 3 is 2.30 bits per heavy atom. The maximum Gasteiger partial charge on any atom is 0.159 e. The zero-order valence-corrected chi connectivity index (χ0v) is 15.7. The maximum atomic E-state index is 9.12. The minimum absolute atomic E-state index is 0.531. The summed E-state index contributed by atoms with van der Waals surface area (Å²) in [5.74, 6) is -0.531. The van der Waals surface area contributed by atoms with Crippen LogP contribution in [0.5, 0.6) is 0 Å². The highest BCUT2D eigenvalue weighted by Crippen LogP contribution is 2.42. The predicted octanol–water partition coefficient (Wildman–Crippen LogP) is 7.40. The van der Waals surface area contributed by atoms with Crippen molar-refractivity contribution in [2.75, 3.05) is 11.9 Å². The van der Waals surface area contributed by atoms with Gasteiger partial charge in [0, 0.05) is 24.9 Å². The average Bonchev–Trinajstić information content (AvgIpc) is 3.13. The summed E-state index contributed by atoms with van der Waals surface area (Å²) in [7, 11) is 2.07. The third kappa shape index (κ3) is 2.80. The van der Waals surface area contributed by atoms with Gasteiger partial charge in [0.05, 0.1) is 5.69 Å². The Kier molecular flexibility index (Phi) is 3.84. The molecule has 1 aliphatic carbocycles. The number of furan rings is 1. The molecule has 4 aromatic rings. The molecular formula is C25H25NO. The van der Waals surface area contributed by atoms with Gasteiger partial charge in [-0.1, -0.05) is 67.8 Å². The number of fused-ring (bicyclic) bond motifs is 3. The molecule has 0 saturated heterocycles. The van der Waals surface area contributed by atoms with Crippen LogP contribution in [-0.2, 0) is 0 Å². The van der Waals surface area contributed by atoms with Crippen LogP contribution in [-0.4, -0.2) is 7.05 Å². The molecule has 1 saturated carbocycles. The fourth-order valence-corrected chi connectivity index (χ4v) is 4.39. The van der Waals surface area contributed by atoms with Crippen molar-refractivity contribution < 1.29 is 5.79 Å². The first-order chi connectivity index (χ1) is 13.7. The van der Waals surface area contributed by atoms with E-state index in [4.69, 9.17) is 5.79 Å². The lowest BCUT2D eigenvalue weighted by Gasteiger charge is -2.22. The molecule has 5 rings (SSSR count). The van der Waals surface area contributed by atoms with Gasteiger partial charge in [0.25, 0.3) is 0 Å². The summed E-state index contributed by atoms with van der Waals surface area (Å²) >= 11 is 0. The summed E-state index contributed by atoms with van der Waals surface area (Å²) in [6, 6.07) is 23.0. The van der Waals surface area contributed by atoms with Crippen LogP contribution in [0.2, 0.25) is 0 Å². The van der Waals surface area contributed by atoms with Gasteiger partial charge in [0.1, 0.15) is 5.58 Å². The molecule has 0 aliphatic heterocycles. The Hall–Kier alpha value is -2.74. The lowest BCUT2D eigenvalue weighted by Crippen LogP contribution is -2.09. The van der Waals surface area contributed by atoms with E-state index in [1.165, 1.54) is 6.42 Å². The van der Waals surface area contributed by atoms with Gasteiger partial charge in [0.2, 0.25) is 0 Å². The van der Waals surface area contributed by atoms with Crippen LogP contribution in [0, 0.1) is 0 Å². The van der Waals surface area contributed by atoms with Crippen LogP contribution in [0.25, 0.3) is 21.9 Å². The molecule has 2 heteroatoms. The van der Waals surface area contributed by atoms with Crippen molar-refractivity contribution in [3.63, 3.8) is 0 Å². The van der Waals surface area contributed by atoms with Gasteiger partial charge in [-0.2, -0.15) is 0 Å². The minimum Gasteiger partial charge on any atom is -0.454 e. The first kappa shape index (κ1) is 15.3. The Bertz CT molecular complexity index is 1130. The second kappa shape index (κ2) is 6.77. The van der Waals surface area contributed by atoms with E-state index in [0.29, 0.717) is 0 Å². The van der Waals surface area contributed by atoms with E-state index in [9.17, 15) is 0 Å². The fourth-order valence-electron chi connectivity index (χ4n) is 4.39. The number of para-hydroxylation sites is 3. The molecule has 1 heterocycles. The van der Waals surface area contributed by atoms with Crippen LogP contribution in [0.3, 0.4) is 0 Å². The zero-order valence-electron chi connectivity index (χ0n) is 16.7. The van der Waals surface area contributed by atoms with Crippen LogP contribution in [0.15, 0.2) is 71.1 Å². The van der Waals surface area contributed by atoms with Crippen molar-refractivity contribution in [3.05, 3.63) is 72.3 Å². The quantitative estimate of drug-likeness (QED) is 0.380. The summed E-state index contributed by atoms with van der Waals surface area (Å²) in [6.07, 6.45) is 5.33. The smallest absolute Gasteiger partial charge is 0.159 e. The van der Waals surface area contributed by atoms with Gasteiger partial charge < -0.3 is 9.32 Å². The first-order valence-corrected chi connectivity index (χ1v) is 9.91. The molecule has 0 radical (unpaired) electrons. The molecule has 1 fully saturated rings. The molecule has 0 unspecified atom stereocenters. The fraction of sp³-hybridized carbons (Fsp3) is 0.280. The van der Waals surface area contributed by atoms with E-state index < -0.39 is 5.89 Å². The molecule has 1 aromatic heterocycles. The van der Waals surface area contributed by atoms with E-state index in [2.05, 4.69) is 72.6 Å². The van der Waals surface area contributed by atoms with Gasteiger partial charge in [0.15, 0.2) is 5.58 Å². The molecule has 1 aliphatic rings. The van der Waals surface area contributed by atoms with Crippen LogP contribution >= 0.6 is 0 Å². The van der Waals surface area contributed by atoms with Gasteiger partial charge in [-0.15, -0.1) is 0 Å². The number of hydrogen-bond donors (Lipinski definition) is 0. The highest BCUT2D eigenvalue weighted by atomic mass is 16.3. The summed E-state index contributed by atoms with van der Waals surface area (Å²) < 4.78 is 15.6. The molecule has 2 nitrogen and oxygen atoms in total. The van der Waals surface area contributed by atoms with E-state index in [1.807, 2.05) is 6.07 Å². The molecule has 0 N–H and O–H groups in total. The van der Waals surface area contributed by atoms with Gasteiger partial charge in [-0.25, -0.2) is 0 Å². The lowest BCUT2D eigenvalue weighted by molar-refractivity contribution is 0.442. The number of nitrogens with zero attached hydrogens (tertiary/aromatic N) is 1. The molecule has 136 valence electrons. The second-order valence-electron chi connectivity index (χ2n) is 7.50. The van der Waals surface area contributed by atoms with Crippen molar-refractivity contribution >= 4 is 33.3 Å². The Labute approximate surface area is 161 Å². The lowest BCUT2D eigenvalue weighted by atomic mass is 9.83. The number of anilines is 2. The summed E-state index contributed by atoms with van der Waals surface area (Å²) in [6.45, 7) is 0. The maximum absolute atomic E-state index is 9.12. The Morgan fingerprint density at radius 2 is 1.52 bits per heavy atom. The van der Waals surface area contributed by atoms with Crippen molar-refractivity contribution in [1.82, 2.24) is 0 Å². The zero-order chi connectivity index (χ0) is 19.1. The van der Waals surface area contributed by atoms with Gasteiger partial charge in [-0.05, 0) is 42.5 Å². The van der Waals surface area contributed by atoms with Gasteiger partial charge >= 0.3 is 0 Å². The standard InChI is InChI=1S/C25H25NO/c1-26(19-12-6-3-7-13-19)23-17-9-16-22-21-15-8-14-20(24(21)27-25(22)23)18-10-4-2-5-11-18/h3,6-9,12-18H,2,4-5,10-11H2,1H3/i18D. The third-order valence-electron chi connectivity index (χ3n) is 5.85. The summed E-state index contributed by atoms with van der Waals surface area (Å²) in [5.41, 5.74) is 5.02. The number of benzene rings is 3. The third-order valence-corrected chi connectivity index (χ3v) is 5.85. The molecule has 27 heavy (non-hydrogen) atoms. The van der Waals surface area contributed by atoms with Crippen molar-refractivity contribution in [1.29, 1.82) is 0 Å². The van der Waals surface area contributed by atoms with Crippen molar-refractivity contribution in [2.45, 2.75) is 38.0 Å². The predicted molar refractivity (Wildman–Crippen MR) is 114 cm³/mol. The molecule has 0 bridgehead atoms. The second-order valence-corrected chi connectivity index (χ2v) is 7.50. The average molecular weight is 356 g/mol. The number of rotatable bonds is 3. The highest BCUT2D eigenvalue weighted by molar-refractivity contribution is 6.10. The monoisotopic (exact) mass is 356 g/mol. The topological polar surface area (TPSA) is 16.4 Å². The minimum atomic E-state index is -0.531. The van der Waals surface area contributed by atoms with Crippen LogP contribution < -0.4 is 4.90 Å².